The van der Waals surface area contributed by atoms with Gasteiger partial charge in [0.2, 0.25) is 10.0 Å². The van der Waals surface area contributed by atoms with Crippen LogP contribution in [0.4, 0.5) is 10.5 Å². The number of anilines is 1. The van der Waals surface area contributed by atoms with Crippen molar-refractivity contribution in [3.05, 3.63) is 46.6 Å². The van der Waals surface area contributed by atoms with Crippen molar-refractivity contribution in [3.63, 3.8) is 0 Å². The number of aryl methyl sites for hydroxylation is 1. The summed E-state index contributed by atoms with van der Waals surface area (Å²) in [5.74, 6) is 1.37. The summed E-state index contributed by atoms with van der Waals surface area (Å²) < 4.78 is 32.8. The maximum absolute atomic E-state index is 12.7. The van der Waals surface area contributed by atoms with Gasteiger partial charge in [-0.1, -0.05) is 32.4 Å². The average molecular weight is 575 g/mol. The number of sulfonamides is 1. The number of aromatic nitrogens is 4. The Morgan fingerprint density at radius 2 is 1.97 bits per heavy atom. The third-order valence-electron chi connectivity index (χ3n) is 6.57. The molecule has 4 rings (SSSR count). The van der Waals surface area contributed by atoms with Crippen molar-refractivity contribution in [1.29, 1.82) is 0 Å². The summed E-state index contributed by atoms with van der Waals surface area (Å²) in [5, 5.41) is 2.78. The van der Waals surface area contributed by atoms with Crippen LogP contribution >= 0.6 is 11.6 Å². The second-order valence-corrected chi connectivity index (χ2v) is 13.4. The van der Waals surface area contributed by atoms with Crippen molar-refractivity contribution in [1.82, 2.24) is 25.3 Å². The number of nitrogens with one attached hydrogen (secondary N) is 3. The van der Waals surface area contributed by atoms with Crippen molar-refractivity contribution < 1.29 is 17.9 Å². The van der Waals surface area contributed by atoms with Gasteiger partial charge in [-0.2, -0.15) is 0 Å². The molecule has 1 amide bonds. The van der Waals surface area contributed by atoms with E-state index in [1.165, 1.54) is 7.11 Å². The standard InChI is InChI=1S/C27H35ClN6O4S/c1-15(30-26(35)38-6)7-10-22-29-12-11-20(31-22)24-23(32-25(33-24)27(3,4)5)19-13-17(28)14-21(16(19)2)34-39(36,37)18-8-9-18/h11-15,18,34H,7-10H2,1-6H3,(H,30,35)(H,32,33)/t15-/m0/s1. The topological polar surface area (TPSA) is 139 Å². The smallest absolute Gasteiger partial charge is 0.407 e. The van der Waals surface area contributed by atoms with E-state index in [9.17, 15) is 13.2 Å². The molecule has 2 heterocycles. The Bertz CT molecular complexity index is 1480. The quantitative estimate of drug-likeness (QED) is 0.312. The summed E-state index contributed by atoms with van der Waals surface area (Å²) in [6.07, 6.45) is 3.70. The molecule has 0 radical (unpaired) electrons. The predicted octanol–water partition coefficient (Wildman–Crippen LogP) is 5.37. The molecule has 10 nitrogen and oxygen atoms in total. The van der Waals surface area contributed by atoms with E-state index in [1.807, 2.05) is 13.8 Å². The van der Waals surface area contributed by atoms with Crippen LogP contribution in [0, 0.1) is 6.92 Å². The van der Waals surface area contributed by atoms with Gasteiger partial charge in [0.25, 0.3) is 0 Å². The van der Waals surface area contributed by atoms with Gasteiger partial charge in [0, 0.05) is 34.7 Å². The van der Waals surface area contributed by atoms with Crippen LogP contribution < -0.4 is 10.0 Å². The van der Waals surface area contributed by atoms with Gasteiger partial charge in [-0.3, -0.25) is 4.72 Å². The third kappa shape index (κ3) is 6.88. The highest BCUT2D eigenvalue weighted by atomic mass is 35.5. The molecule has 3 N–H and O–H groups in total. The summed E-state index contributed by atoms with van der Waals surface area (Å²) in [6, 6.07) is 5.11. The molecule has 0 bridgehead atoms. The number of hydrogen-bond acceptors (Lipinski definition) is 7. The zero-order valence-corrected chi connectivity index (χ0v) is 24.6. The van der Waals surface area contributed by atoms with Crippen molar-refractivity contribution in [2.24, 2.45) is 0 Å². The minimum atomic E-state index is -3.48. The number of hydrogen-bond donors (Lipinski definition) is 3. The Hall–Kier alpha value is -3.18. The highest BCUT2D eigenvalue weighted by molar-refractivity contribution is 7.93. The molecule has 3 aromatic rings. The van der Waals surface area contributed by atoms with Gasteiger partial charge < -0.3 is 15.0 Å². The fraction of sp³-hybridized carbons (Fsp3) is 0.481. The van der Waals surface area contributed by atoms with Crippen molar-refractivity contribution in [2.45, 2.75) is 77.0 Å². The van der Waals surface area contributed by atoms with Crippen molar-refractivity contribution in [3.8, 4) is 22.6 Å². The van der Waals surface area contributed by atoms with Crippen LogP contribution in [-0.2, 0) is 26.6 Å². The number of methoxy groups -OCH3 is 1. The molecule has 12 heteroatoms. The molecule has 1 fully saturated rings. The summed E-state index contributed by atoms with van der Waals surface area (Å²) in [5.41, 5.74) is 3.52. The van der Waals surface area contributed by atoms with Crippen LogP contribution in [0.2, 0.25) is 5.02 Å². The number of carbonyl (C=O) groups is 1. The lowest BCUT2D eigenvalue weighted by Gasteiger charge is -2.15. The number of amides is 1. The highest BCUT2D eigenvalue weighted by Crippen LogP contribution is 2.39. The van der Waals surface area contributed by atoms with Gasteiger partial charge in [0.05, 0.1) is 35.1 Å². The van der Waals surface area contributed by atoms with Crippen LogP contribution in [0.1, 0.15) is 64.2 Å². The van der Waals surface area contributed by atoms with E-state index in [1.54, 1.807) is 24.4 Å². The molecule has 210 valence electrons. The Balaban J connectivity index is 1.73. The Morgan fingerprint density at radius 1 is 1.26 bits per heavy atom. The first-order chi connectivity index (χ1) is 18.3. The van der Waals surface area contributed by atoms with E-state index in [-0.39, 0.29) is 16.7 Å². The first kappa shape index (κ1) is 28.8. The molecule has 0 spiro atoms. The van der Waals surface area contributed by atoms with Crippen LogP contribution in [0.3, 0.4) is 0 Å². The lowest BCUT2D eigenvalue weighted by Crippen LogP contribution is -2.32. The molecule has 1 atom stereocenters. The first-order valence-electron chi connectivity index (χ1n) is 12.9. The van der Waals surface area contributed by atoms with Crippen molar-refractivity contribution >= 4 is 33.4 Å². The SMILES string of the molecule is COC(=O)N[C@@H](C)CCc1nccc(-c2[nH]c(C(C)(C)C)nc2-c2cc(Cl)cc(NS(=O)(=O)C3CC3)c2C)n1. The van der Waals surface area contributed by atoms with E-state index < -0.39 is 16.1 Å². The largest absolute Gasteiger partial charge is 0.453 e. The molecule has 0 saturated heterocycles. The summed E-state index contributed by atoms with van der Waals surface area (Å²) in [4.78, 5) is 29.1. The van der Waals surface area contributed by atoms with E-state index in [0.717, 1.165) is 5.82 Å². The maximum Gasteiger partial charge on any atom is 0.407 e. The number of halogens is 1. The van der Waals surface area contributed by atoms with E-state index in [2.05, 4.69) is 45.5 Å². The summed E-state index contributed by atoms with van der Waals surface area (Å²) in [6.45, 7) is 9.91. The fourth-order valence-electron chi connectivity index (χ4n) is 4.09. The first-order valence-corrected chi connectivity index (χ1v) is 14.8. The lowest BCUT2D eigenvalue weighted by atomic mass is 9.96. The van der Waals surface area contributed by atoms with Gasteiger partial charge in [-0.05, 0) is 56.9 Å². The number of benzene rings is 1. The second-order valence-electron chi connectivity index (χ2n) is 11.0. The Labute approximate surface area is 234 Å². The third-order valence-corrected chi connectivity index (χ3v) is 8.64. The molecule has 2 aromatic heterocycles. The normalized spacial score (nSPS) is 14.6. The Kier molecular flexibility index (Phi) is 8.22. The van der Waals surface area contributed by atoms with E-state index >= 15 is 0 Å². The predicted molar refractivity (Wildman–Crippen MR) is 152 cm³/mol. The molecular formula is C27H35ClN6O4S. The number of alkyl carbamates (subject to hydrolysis) is 1. The molecule has 39 heavy (non-hydrogen) atoms. The van der Waals surface area contributed by atoms with E-state index in [0.29, 0.717) is 70.4 Å². The zero-order valence-electron chi connectivity index (χ0n) is 23.1. The number of ether oxygens (including phenoxy) is 1. The molecule has 0 unspecified atom stereocenters. The molecule has 1 saturated carbocycles. The minimum absolute atomic E-state index is 0.119. The number of carbonyl (C=O) groups excluding carboxylic acids is 1. The number of aromatic amines is 1. The van der Waals surface area contributed by atoms with Crippen LogP contribution in [0.15, 0.2) is 24.4 Å². The Morgan fingerprint density at radius 3 is 2.62 bits per heavy atom. The molecule has 0 aliphatic heterocycles. The fourth-order valence-corrected chi connectivity index (χ4v) is 5.75. The summed E-state index contributed by atoms with van der Waals surface area (Å²) >= 11 is 6.50. The summed E-state index contributed by atoms with van der Waals surface area (Å²) in [7, 11) is -2.15. The van der Waals surface area contributed by atoms with Gasteiger partial charge in [-0.15, -0.1) is 0 Å². The van der Waals surface area contributed by atoms with Crippen molar-refractivity contribution in [2.75, 3.05) is 11.8 Å². The van der Waals surface area contributed by atoms with Crippen LogP contribution in [-0.4, -0.2) is 52.8 Å². The number of nitrogens with zero attached hydrogens (tertiary/aromatic N) is 3. The number of rotatable bonds is 9. The molecule has 1 aromatic carbocycles. The number of imidazole rings is 1. The van der Waals surface area contributed by atoms with Crippen LogP contribution in [0.5, 0.6) is 0 Å². The molecule has 1 aliphatic rings. The van der Waals surface area contributed by atoms with Crippen LogP contribution in [0.25, 0.3) is 22.6 Å². The van der Waals surface area contributed by atoms with E-state index in [4.69, 9.17) is 21.6 Å². The molecule has 1 aliphatic carbocycles. The highest BCUT2D eigenvalue weighted by Gasteiger charge is 2.36. The molecular weight excluding hydrogens is 540 g/mol. The van der Waals surface area contributed by atoms with Gasteiger partial charge in [0.15, 0.2) is 0 Å². The van der Waals surface area contributed by atoms with Gasteiger partial charge in [0.1, 0.15) is 11.6 Å². The zero-order chi connectivity index (χ0) is 28.5. The lowest BCUT2D eigenvalue weighted by molar-refractivity contribution is 0.167. The second kappa shape index (κ2) is 11.1. The number of H-pyrrole nitrogens is 1. The maximum atomic E-state index is 12.7. The minimum Gasteiger partial charge on any atom is -0.453 e. The van der Waals surface area contributed by atoms with Gasteiger partial charge in [-0.25, -0.2) is 28.2 Å². The van der Waals surface area contributed by atoms with Gasteiger partial charge >= 0.3 is 6.09 Å². The monoisotopic (exact) mass is 574 g/mol. The average Bonchev–Trinajstić information content (AvgIpc) is 3.63.